The van der Waals surface area contributed by atoms with Gasteiger partial charge in [0.1, 0.15) is 11.2 Å². The van der Waals surface area contributed by atoms with Crippen molar-refractivity contribution >= 4 is 93.1 Å². The van der Waals surface area contributed by atoms with Crippen molar-refractivity contribution in [2.75, 3.05) is 4.90 Å². The van der Waals surface area contributed by atoms with Crippen molar-refractivity contribution < 1.29 is 4.42 Å². The van der Waals surface area contributed by atoms with Gasteiger partial charge in [-0.25, -0.2) is 0 Å². The van der Waals surface area contributed by atoms with E-state index in [2.05, 4.69) is 252 Å². The van der Waals surface area contributed by atoms with Gasteiger partial charge in [0.15, 0.2) is 0 Å². The first-order valence-electron chi connectivity index (χ1n) is 23.7. The number of hydrogen-bond acceptors (Lipinski definition) is 2. The van der Waals surface area contributed by atoms with Gasteiger partial charge in [0.2, 0.25) is 0 Å². The lowest BCUT2D eigenvalue weighted by Gasteiger charge is -2.28. The number of furan rings is 1. The Kier molecular flexibility index (Phi) is 8.90. The van der Waals surface area contributed by atoms with Gasteiger partial charge in [-0.3, -0.25) is 0 Å². The zero-order valence-electron chi connectivity index (χ0n) is 37.6. The van der Waals surface area contributed by atoms with Crippen molar-refractivity contribution in [3.05, 3.63) is 255 Å². The van der Waals surface area contributed by atoms with E-state index in [1.807, 2.05) is 12.1 Å². The second-order valence-corrected chi connectivity index (χ2v) is 18.0. The Morgan fingerprint density at radius 1 is 0.304 bits per heavy atom. The lowest BCUT2D eigenvalue weighted by Crippen LogP contribution is -2.10. The molecule has 0 saturated carbocycles. The summed E-state index contributed by atoms with van der Waals surface area (Å²) in [6.07, 6.45) is 0. The third-order valence-corrected chi connectivity index (χ3v) is 14.1. The molecule has 3 nitrogen and oxygen atoms in total. The Morgan fingerprint density at radius 3 is 1.54 bits per heavy atom. The summed E-state index contributed by atoms with van der Waals surface area (Å²) in [5.74, 6) is 0. The normalized spacial score (nSPS) is 11.8. The summed E-state index contributed by atoms with van der Waals surface area (Å²) < 4.78 is 8.90. The smallest absolute Gasteiger partial charge is 0.143 e. The van der Waals surface area contributed by atoms with Crippen LogP contribution in [0.2, 0.25) is 0 Å². The molecule has 14 rings (SSSR count). The zero-order chi connectivity index (χ0) is 45.4. The van der Waals surface area contributed by atoms with Gasteiger partial charge >= 0.3 is 0 Å². The second-order valence-electron chi connectivity index (χ2n) is 18.0. The minimum absolute atomic E-state index is 0.906. The lowest BCUT2D eigenvalue weighted by molar-refractivity contribution is 0.670. The number of para-hydroxylation sites is 4. The van der Waals surface area contributed by atoms with Gasteiger partial charge in [-0.2, -0.15) is 0 Å². The van der Waals surface area contributed by atoms with E-state index in [1.165, 1.54) is 65.4 Å². The van der Waals surface area contributed by atoms with Crippen molar-refractivity contribution in [2.24, 2.45) is 0 Å². The first kappa shape index (κ1) is 39.0. The Hall–Kier alpha value is -9.18. The Morgan fingerprint density at radius 2 is 0.826 bits per heavy atom. The number of fused-ring (bicyclic) bond motifs is 10. The molecule has 0 fully saturated rings. The largest absolute Gasteiger partial charge is 0.455 e. The highest BCUT2D eigenvalue weighted by atomic mass is 16.3. The molecular formula is C66H42N2O. The van der Waals surface area contributed by atoms with E-state index in [0.717, 1.165) is 66.8 Å². The molecule has 322 valence electrons. The number of aromatic nitrogens is 1. The van der Waals surface area contributed by atoms with Crippen LogP contribution < -0.4 is 4.90 Å². The zero-order valence-corrected chi connectivity index (χ0v) is 37.6. The van der Waals surface area contributed by atoms with Crippen molar-refractivity contribution in [2.45, 2.75) is 0 Å². The van der Waals surface area contributed by atoms with Gasteiger partial charge in [-0.1, -0.05) is 188 Å². The molecular weight excluding hydrogens is 837 g/mol. The van der Waals surface area contributed by atoms with Crippen LogP contribution in [0.1, 0.15) is 0 Å². The molecule has 0 aliphatic heterocycles. The summed E-state index contributed by atoms with van der Waals surface area (Å²) in [6.45, 7) is 0. The number of hydrogen-bond donors (Lipinski definition) is 0. The number of anilines is 3. The van der Waals surface area contributed by atoms with Crippen LogP contribution in [0.25, 0.3) is 115 Å². The van der Waals surface area contributed by atoms with Crippen LogP contribution in [0, 0.1) is 0 Å². The summed E-state index contributed by atoms with van der Waals surface area (Å²) in [5.41, 5.74) is 15.5. The molecule has 0 aliphatic rings. The molecule has 0 spiro atoms. The van der Waals surface area contributed by atoms with Crippen molar-refractivity contribution in [3.8, 4) is 39.1 Å². The highest BCUT2D eigenvalue weighted by Gasteiger charge is 2.20. The minimum atomic E-state index is 0.906. The third kappa shape index (κ3) is 6.36. The second kappa shape index (κ2) is 15.7. The molecule has 0 aliphatic carbocycles. The average molecular weight is 879 g/mol. The summed E-state index contributed by atoms with van der Waals surface area (Å²) >= 11 is 0. The minimum Gasteiger partial charge on any atom is -0.455 e. The summed E-state index contributed by atoms with van der Waals surface area (Å²) in [6, 6.07) is 92.6. The maximum Gasteiger partial charge on any atom is 0.143 e. The molecule has 3 heteroatoms. The summed E-state index contributed by atoms with van der Waals surface area (Å²) in [5, 5.41) is 12.1. The topological polar surface area (TPSA) is 21.3 Å². The number of rotatable bonds is 7. The predicted molar refractivity (Wildman–Crippen MR) is 292 cm³/mol. The molecule has 0 radical (unpaired) electrons. The molecule has 0 unspecified atom stereocenters. The van der Waals surface area contributed by atoms with E-state index in [-0.39, 0.29) is 0 Å². The van der Waals surface area contributed by atoms with Crippen LogP contribution in [0.5, 0.6) is 0 Å². The summed E-state index contributed by atoms with van der Waals surface area (Å²) in [7, 11) is 0. The fourth-order valence-electron chi connectivity index (χ4n) is 10.9. The van der Waals surface area contributed by atoms with E-state index < -0.39 is 0 Å². The fraction of sp³-hybridized carbons (Fsp3) is 0. The molecule has 0 saturated heterocycles. The van der Waals surface area contributed by atoms with Crippen molar-refractivity contribution in [1.29, 1.82) is 0 Å². The van der Waals surface area contributed by atoms with Crippen LogP contribution in [-0.2, 0) is 0 Å². The van der Waals surface area contributed by atoms with E-state index in [9.17, 15) is 0 Å². The Labute approximate surface area is 399 Å². The van der Waals surface area contributed by atoms with Crippen molar-refractivity contribution in [1.82, 2.24) is 4.57 Å². The molecule has 0 N–H and O–H groups in total. The van der Waals surface area contributed by atoms with Crippen LogP contribution in [0.3, 0.4) is 0 Å². The maximum absolute atomic E-state index is 6.46. The third-order valence-electron chi connectivity index (χ3n) is 14.1. The van der Waals surface area contributed by atoms with Crippen LogP contribution >= 0.6 is 0 Å². The molecule has 2 aromatic heterocycles. The molecule has 69 heavy (non-hydrogen) atoms. The van der Waals surface area contributed by atoms with Gasteiger partial charge in [0, 0.05) is 49.3 Å². The predicted octanol–water partition coefficient (Wildman–Crippen LogP) is 18.6. The van der Waals surface area contributed by atoms with Crippen LogP contribution in [-0.4, -0.2) is 4.57 Å². The maximum atomic E-state index is 6.46. The Balaban J connectivity index is 0.891. The van der Waals surface area contributed by atoms with E-state index in [1.54, 1.807) is 0 Å². The molecule has 0 atom stereocenters. The molecule has 14 aromatic rings. The first-order chi connectivity index (χ1) is 34.2. The molecule has 12 aromatic carbocycles. The van der Waals surface area contributed by atoms with Gasteiger partial charge in [-0.05, 0) is 116 Å². The van der Waals surface area contributed by atoms with Crippen LogP contribution in [0.15, 0.2) is 259 Å². The Bertz CT molecular complexity index is 4260. The highest BCUT2D eigenvalue weighted by molar-refractivity contribution is 6.15. The fourth-order valence-corrected chi connectivity index (χ4v) is 10.9. The number of nitrogens with zero attached hydrogens (tertiary/aromatic N) is 2. The molecule has 2 heterocycles. The average Bonchev–Trinajstić information content (AvgIpc) is 3.97. The van der Waals surface area contributed by atoms with E-state index in [4.69, 9.17) is 4.42 Å². The molecule has 0 bridgehead atoms. The van der Waals surface area contributed by atoms with E-state index in [0.29, 0.717) is 0 Å². The quantitative estimate of drug-likeness (QED) is 0.149. The van der Waals surface area contributed by atoms with Crippen LogP contribution in [0.4, 0.5) is 17.1 Å². The van der Waals surface area contributed by atoms with Crippen molar-refractivity contribution in [3.63, 3.8) is 0 Å². The van der Waals surface area contributed by atoms with Gasteiger partial charge in [0.25, 0.3) is 0 Å². The highest BCUT2D eigenvalue weighted by Crippen LogP contribution is 2.44. The van der Waals surface area contributed by atoms with E-state index >= 15 is 0 Å². The molecule has 0 amide bonds. The lowest BCUT2D eigenvalue weighted by atomic mass is 9.96. The summed E-state index contributed by atoms with van der Waals surface area (Å²) in [4.78, 5) is 2.42. The monoisotopic (exact) mass is 878 g/mol. The van der Waals surface area contributed by atoms with Gasteiger partial charge < -0.3 is 13.9 Å². The van der Waals surface area contributed by atoms with Gasteiger partial charge in [-0.15, -0.1) is 0 Å². The SMILES string of the molecule is c1cc(-c2ccc(N(c3ccc(-c4cc(-n5c6ccccc6c6ccccc65)c5ccccc5c4)cc3)c3cc4ccccc4c4ccccc34)cc2)cc(-c2cccc3c2oc2ccccc23)c1. The first-order valence-corrected chi connectivity index (χ1v) is 23.7. The van der Waals surface area contributed by atoms with Gasteiger partial charge in [0.05, 0.1) is 22.4 Å². The number of benzene rings is 12. The standard InChI is InChI=1S/C66H42N2O/c1-3-19-52-48(16-1)41-64(56-22-6-5-21-55(52)56)67(50-35-31-43(32-36-50)45-17-13-18-47(39-45)54-26-14-27-60-59-25-9-12-30-65(59)69-66(54)60)51-37-33-44(34-38-51)49-40-46-15-2-4-20-53(46)63(42-49)68-61-28-10-7-23-57(61)58-24-8-11-29-62(58)68/h1-42H.